The third-order valence-corrected chi connectivity index (χ3v) is 4.39. The van der Waals surface area contributed by atoms with E-state index in [9.17, 15) is 9.59 Å². The van der Waals surface area contributed by atoms with E-state index in [4.69, 9.17) is 17.3 Å². The molecule has 0 bridgehead atoms. The van der Waals surface area contributed by atoms with Gasteiger partial charge >= 0.3 is 0 Å². The predicted molar refractivity (Wildman–Crippen MR) is 91.2 cm³/mol. The highest BCUT2D eigenvalue weighted by Crippen LogP contribution is 2.19. The van der Waals surface area contributed by atoms with E-state index < -0.39 is 0 Å². The number of rotatable bonds is 7. The van der Waals surface area contributed by atoms with Crippen molar-refractivity contribution in [3.63, 3.8) is 0 Å². The molecule has 1 atom stereocenters. The Labute approximate surface area is 142 Å². The maximum Gasteiger partial charge on any atom is 0.234 e. The number of amides is 2. The SMILES string of the molecule is NC(=O)CC1CCCCN1CC(=O)NCCc1cccc(Cl)c1. The standard InChI is InChI=1S/C17H24ClN3O2/c18-14-5-3-4-13(10-14)7-8-20-17(23)12-21-9-2-1-6-15(21)11-16(19)22/h3-5,10,15H,1-2,6-9,11-12H2,(H2,19,22)(H,20,23). The molecule has 0 radical (unpaired) electrons. The number of hydrogen-bond donors (Lipinski definition) is 2. The van der Waals surface area contributed by atoms with Crippen LogP contribution in [0.1, 0.15) is 31.2 Å². The second-order valence-corrected chi connectivity index (χ2v) is 6.46. The van der Waals surface area contributed by atoms with Gasteiger partial charge in [-0.05, 0) is 43.5 Å². The first-order valence-corrected chi connectivity index (χ1v) is 8.46. The molecule has 5 nitrogen and oxygen atoms in total. The molecule has 1 saturated heterocycles. The monoisotopic (exact) mass is 337 g/mol. The van der Waals surface area contributed by atoms with Crippen molar-refractivity contribution in [3.05, 3.63) is 34.9 Å². The minimum Gasteiger partial charge on any atom is -0.370 e. The fourth-order valence-electron chi connectivity index (χ4n) is 3.01. The summed E-state index contributed by atoms with van der Waals surface area (Å²) in [5, 5.41) is 3.64. The van der Waals surface area contributed by atoms with Crippen LogP contribution in [0.2, 0.25) is 5.02 Å². The second-order valence-electron chi connectivity index (χ2n) is 6.02. The molecule has 0 saturated carbocycles. The van der Waals surface area contributed by atoms with Crippen molar-refractivity contribution in [3.8, 4) is 0 Å². The van der Waals surface area contributed by atoms with Crippen LogP contribution in [0.3, 0.4) is 0 Å². The van der Waals surface area contributed by atoms with Crippen LogP contribution in [0, 0.1) is 0 Å². The summed E-state index contributed by atoms with van der Waals surface area (Å²) in [7, 11) is 0. The molecule has 1 aromatic carbocycles. The number of piperidine rings is 1. The molecule has 1 heterocycles. The van der Waals surface area contributed by atoms with Gasteiger partial charge in [-0.3, -0.25) is 14.5 Å². The summed E-state index contributed by atoms with van der Waals surface area (Å²) in [5.74, 6) is -0.313. The van der Waals surface area contributed by atoms with E-state index in [0.29, 0.717) is 24.5 Å². The van der Waals surface area contributed by atoms with Gasteiger partial charge in [0.25, 0.3) is 0 Å². The van der Waals surface area contributed by atoms with Crippen LogP contribution in [0.25, 0.3) is 0 Å². The van der Waals surface area contributed by atoms with Crippen molar-refractivity contribution in [2.45, 2.75) is 38.1 Å². The van der Waals surface area contributed by atoms with Crippen LogP contribution in [0.15, 0.2) is 24.3 Å². The molecule has 0 spiro atoms. The van der Waals surface area contributed by atoms with Gasteiger partial charge < -0.3 is 11.1 Å². The first-order valence-electron chi connectivity index (χ1n) is 8.08. The van der Waals surface area contributed by atoms with Gasteiger partial charge in [-0.25, -0.2) is 0 Å². The zero-order valence-electron chi connectivity index (χ0n) is 13.3. The maximum absolute atomic E-state index is 12.1. The number of nitrogens with zero attached hydrogens (tertiary/aromatic N) is 1. The fraction of sp³-hybridized carbons (Fsp3) is 0.529. The summed E-state index contributed by atoms with van der Waals surface area (Å²) in [6.45, 7) is 1.75. The number of carbonyl (C=O) groups is 2. The second kappa shape index (κ2) is 8.89. The molecule has 1 aliphatic heterocycles. The number of likely N-dealkylation sites (tertiary alicyclic amines) is 1. The first kappa shape index (κ1) is 17.8. The molecule has 0 aliphatic carbocycles. The minimum atomic E-state index is -0.303. The highest BCUT2D eigenvalue weighted by molar-refractivity contribution is 6.30. The normalized spacial score (nSPS) is 18.6. The number of benzene rings is 1. The Hall–Kier alpha value is -1.59. The van der Waals surface area contributed by atoms with Gasteiger partial charge in [-0.1, -0.05) is 30.2 Å². The Kier molecular flexibility index (Phi) is 6.86. The zero-order chi connectivity index (χ0) is 16.7. The molecule has 1 fully saturated rings. The van der Waals surface area contributed by atoms with E-state index in [1.54, 1.807) is 0 Å². The Bertz CT molecular complexity index is 550. The van der Waals surface area contributed by atoms with Crippen LogP contribution in [-0.4, -0.2) is 42.4 Å². The Balaban J connectivity index is 1.75. The van der Waals surface area contributed by atoms with Crippen molar-refractivity contribution in [2.75, 3.05) is 19.6 Å². The Morgan fingerprint density at radius 1 is 1.35 bits per heavy atom. The lowest BCUT2D eigenvalue weighted by Gasteiger charge is -2.34. The van der Waals surface area contributed by atoms with E-state index in [1.165, 1.54) is 0 Å². The molecule has 1 unspecified atom stereocenters. The molecule has 0 aromatic heterocycles. The topological polar surface area (TPSA) is 75.4 Å². The summed E-state index contributed by atoms with van der Waals surface area (Å²) in [4.78, 5) is 25.3. The minimum absolute atomic E-state index is 0.0107. The molecule has 1 aliphatic rings. The molecule has 3 N–H and O–H groups in total. The molecular formula is C17H24ClN3O2. The quantitative estimate of drug-likeness (QED) is 0.795. The van der Waals surface area contributed by atoms with Crippen LogP contribution in [0.4, 0.5) is 0 Å². The zero-order valence-corrected chi connectivity index (χ0v) is 14.0. The lowest BCUT2D eigenvalue weighted by atomic mass is 9.99. The molecule has 23 heavy (non-hydrogen) atoms. The molecule has 6 heteroatoms. The number of hydrogen-bond acceptors (Lipinski definition) is 3. The Morgan fingerprint density at radius 2 is 2.17 bits per heavy atom. The third-order valence-electron chi connectivity index (χ3n) is 4.16. The van der Waals surface area contributed by atoms with Gasteiger partial charge in [0, 0.05) is 24.0 Å². The van der Waals surface area contributed by atoms with E-state index in [2.05, 4.69) is 10.2 Å². The van der Waals surface area contributed by atoms with E-state index in [0.717, 1.165) is 37.8 Å². The van der Waals surface area contributed by atoms with Crippen molar-refractivity contribution >= 4 is 23.4 Å². The smallest absolute Gasteiger partial charge is 0.234 e. The molecule has 126 valence electrons. The summed E-state index contributed by atoms with van der Waals surface area (Å²) >= 11 is 5.94. The van der Waals surface area contributed by atoms with Gasteiger partial charge in [0.1, 0.15) is 0 Å². The Morgan fingerprint density at radius 3 is 2.91 bits per heavy atom. The molecule has 1 aromatic rings. The lowest BCUT2D eigenvalue weighted by molar-refractivity contribution is -0.125. The van der Waals surface area contributed by atoms with Gasteiger partial charge in [-0.2, -0.15) is 0 Å². The van der Waals surface area contributed by atoms with Crippen LogP contribution >= 0.6 is 11.6 Å². The summed E-state index contributed by atoms with van der Waals surface area (Å²) in [5.41, 5.74) is 6.40. The molecular weight excluding hydrogens is 314 g/mol. The van der Waals surface area contributed by atoms with Gasteiger partial charge in [0.2, 0.25) is 11.8 Å². The fourth-order valence-corrected chi connectivity index (χ4v) is 3.22. The highest BCUT2D eigenvalue weighted by Gasteiger charge is 2.25. The van der Waals surface area contributed by atoms with Crippen molar-refractivity contribution in [2.24, 2.45) is 5.73 Å². The van der Waals surface area contributed by atoms with E-state index in [1.807, 2.05) is 24.3 Å². The van der Waals surface area contributed by atoms with E-state index >= 15 is 0 Å². The van der Waals surface area contributed by atoms with Crippen LogP contribution in [0.5, 0.6) is 0 Å². The van der Waals surface area contributed by atoms with Crippen molar-refractivity contribution in [1.82, 2.24) is 10.2 Å². The number of nitrogens with two attached hydrogens (primary N) is 1. The highest BCUT2D eigenvalue weighted by atomic mass is 35.5. The molecule has 2 amide bonds. The third kappa shape index (κ3) is 6.20. The average molecular weight is 338 g/mol. The number of halogens is 1. The van der Waals surface area contributed by atoms with Crippen molar-refractivity contribution < 1.29 is 9.59 Å². The largest absolute Gasteiger partial charge is 0.370 e. The van der Waals surface area contributed by atoms with Gasteiger partial charge in [0.15, 0.2) is 0 Å². The summed E-state index contributed by atoms with van der Waals surface area (Å²) in [6, 6.07) is 7.73. The first-order chi connectivity index (χ1) is 11.0. The maximum atomic E-state index is 12.1. The molecule has 2 rings (SSSR count). The van der Waals surface area contributed by atoms with Crippen LogP contribution in [-0.2, 0) is 16.0 Å². The predicted octanol–water partition coefficient (Wildman–Crippen LogP) is 1.73. The summed E-state index contributed by atoms with van der Waals surface area (Å²) in [6.07, 6.45) is 4.15. The number of carbonyl (C=O) groups excluding carboxylic acids is 2. The van der Waals surface area contributed by atoms with Crippen LogP contribution < -0.4 is 11.1 Å². The van der Waals surface area contributed by atoms with Gasteiger partial charge in [-0.15, -0.1) is 0 Å². The van der Waals surface area contributed by atoms with Crippen molar-refractivity contribution in [1.29, 1.82) is 0 Å². The lowest BCUT2D eigenvalue weighted by Crippen LogP contribution is -2.47. The van der Waals surface area contributed by atoms with E-state index in [-0.39, 0.29) is 17.9 Å². The summed E-state index contributed by atoms with van der Waals surface area (Å²) < 4.78 is 0. The average Bonchev–Trinajstić information content (AvgIpc) is 2.49. The number of primary amides is 1. The number of nitrogens with one attached hydrogen (secondary N) is 1. The van der Waals surface area contributed by atoms with Gasteiger partial charge in [0.05, 0.1) is 6.54 Å².